The predicted molar refractivity (Wildman–Crippen MR) is 63.8 cm³/mol. The minimum atomic E-state index is 0.122. The molecule has 0 heterocycles. The average Bonchev–Trinajstić information content (AvgIpc) is 2.74. The summed E-state index contributed by atoms with van der Waals surface area (Å²) < 4.78 is 0. The maximum Gasteiger partial charge on any atom is 0.220 e. The lowest BCUT2D eigenvalue weighted by atomic mass is 9.97. The van der Waals surface area contributed by atoms with Crippen LogP contribution >= 0.6 is 0 Å². The summed E-state index contributed by atoms with van der Waals surface area (Å²) in [6.07, 6.45) is 5.78. The van der Waals surface area contributed by atoms with Gasteiger partial charge in [-0.2, -0.15) is 0 Å². The van der Waals surface area contributed by atoms with E-state index in [0.29, 0.717) is 24.8 Å². The van der Waals surface area contributed by atoms with Crippen molar-refractivity contribution in [1.29, 1.82) is 0 Å². The monoisotopic (exact) mass is 228 g/mol. The Hall–Kier alpha value is -0.610. The normalized spacial score (nSPS) is 24.6. The Bertz CT molecular complexity index is 209. The summed E-state index contributed by atoms with van der Waals surface area (Å²) in [5.41, 5.74) is 5.36. The van der Waals surface area contributed by atoms with Crippen molar-refractivity contribution in [2.45, 2.75) is 38.5 Å². The fourth-order valence-electron chi connectivity index (χ4n) is 2.39. The predicted octanol–water partition coefficient (Wildman–Crippen LogP) is 0.640. The van der Waals surface area contributed by atoms with E-state index in [1.165, 1.54) is 6.42 Å². The molecular weight excluding hydrogens is 204 g/mol. The molecule has 94 valence electrons. The van der Waals surface area contributed by atoms with Crippen LogP contribution in [0, 0.1) is 11.8 Å². The van der Waals surface area contributed by atoms with Crippen LogP contribution in [0.4, 0.5) is 0 Å². The minimum Gasteiger partial charge on any atom is -0.396 e. The first-order valence-electron chi connectivity index (χ1n) is 6.35. The first-order chi connectivity index (χ1) is 7.77. The summed E-state index contributed by atoms with van der Waals surface area (Å²) in [5, 5.41) is 12.1. The molecule has 1 aliphatic rings. The van der Waals surface area contributed by atoms with Gasteiger partial charge in [-0.1, -0.05) is 6.42 Å². The third-order valence-electron chi connectivity index (χ3n) is 3.47. The number of hydrogen-bond donors (Lipinski definition) is 3. The molecule has 4 nitrogen and oxygen atoms in total. The number of hydrogen-bond acceptors (Lipinski definition) is 3. The molecule has 0 aliphatic heterocycles. The molecule has 2 atom stereocenters. The van der Waals surface area contributed by atoms with Gasteiger partial charge in [-0.15, -0.1) is 0 Å². The second-order valence-electron chi connectivity index (χ2n) is 4.68. The third kappa shape index (κ3) is 4.49. The first-order valence-corrected chi connectivity index (χ1v) is 6.35. The van der Waals surface area contributed by atoms with Gasteiger partial charge in [-0.3, -0.25) is 4.79 Å². The molecule has 0 bridgehead atoms. The minimum absolute atomic E-state index is 0.122. The molecule has 1 fully saturated rings. The number of unbranched alkanes of at least 4 members (excludes halogenated alkanes) is 1. The zero-order chi connectivity index (χ0) is 11.8. The maximum atomic E-state index is 11.5. The Morgan fingerprint density at radius 3 is 2.75 bits per heavy atom. The third-order valence-corrected chi connectivity index (χ3v) is 3.47. The molecule has 0 radical (unpaired) electrons. The number of aliphatic hydroxyl groups is 1. The molecule has 1 rings (SSSR count). The van der Waals surface area contributed by atoms with Crippen LogP contribution in [0.5, 0.6) is 0 Å². The van der Waals surface area contributed by atoms with Gasteiger partial charge in [0.25, 0.3) is 0 Å². The molecule has 0 spiro atoms. The number of nitrogens with two attached hydrogens (primary N) is 1. The van der Waals surface area contributed by atoms with Gasteiger partial charge in [-0.05, 0) is 44.1 Å². The summed E-state index contributed by atoms with van der Waals surface area (Å²) >= 11 is 0. The molecule has 1 aliphatic carbocycles. The smallest absolute Gasteiger partial charge is 0.220 e. The SMILES string of the molecule is NCCCCC(=O)NCC1CCCC1CO. The molecule has 1 saturated carbocycles. The molecule has 0 saturated heterocycles. The van der Waals surface area contributed by atoms with Crippen LogP contribution in [0.3, 0.4) is 0 Å². The van der Waals surface area contributed by atoms with Crippen molar-refractivity contribution < 1.29 is 9.90 Å². The Kier molecular flexibility index (Phi) is 6.42. The highest BCUT2D eigenvalue weighted by Gasteiger charge is 2.26. The largest absolute Gasteiger partial charge is 0.396 e. The molecule has 1 amide bonds. The summed E-state index contributed by atoms with van der Waals surface area (Å²) in [7, 11) is 0. The van der Waals surface area contributed by atoms with E-state index in [2.05, 4.69) is 5.32 Å². The first kappa shape index (κ1) is 13.5. The van der Waals surface area contributed by atoms with Crippen molar-refractivity contribution in [3.05, 3.63) is 0 Å². The maximum absolute atomic E-state index is 11.5. The van der Waals surface area contributed by atoms with Crippen LogP contribution in [0.15, 0.2) is 0 Å². The van der Waals surface area contributed by atoms with Gasteiger partial charge in [0.05, 0.1) is 0 Å². The molecule has 0 aromatic carbocycles. The van der Waals surface area contributed by atoms with Gasteiger partial charge in [0, 0.05) is 19.6 Å². The highest BCUT2D eigenvalue weighted by atomic mass is 16.3. The van der Waals surface area contributed by atoms with E-state index in [4.69, 9.17) is 10.8 Å². The molecule has 0 aromatic heterocycles. The van der Waals surface area contributed by atoms with Crippen molar-refractivity contribution in [3.8, 4) is 0 Å². The van der Waals surface area contributed by atoms with Gasteiger partial charge >= 0.3 is 0 Å². The lowest BCUT2D eigenvalue weighted by Crippen LogP contribution is -2.31. The molecule has 4 N–H and O–H groups in total. The van der Waals surface area contributed by atoms with Gasteiger partial charge in [0.2, 0.25) is 5.91 Å². The van der Waals surface area contributed by atoms with E-state index in [0.717, 1.165) is 32.2 Å². The summed E-state index contributed by atoms with van der Waals surface area (Å²) in [6, 6.07) is 0. The number of carbonyl (C=O) groups is 1. The number of aliphatic hydroxyl groups excluding tert-OH is 1. The lowest BCUT2D eigenvalue weighted by Gasteiger charge is -2.17. The van der Waals surface area contributed by atoms with Crippen molar-refractivity contribution in [2.75, 3.05) is 19.7 Å². The van der Waals surface area contributed by atoms with E-state index in [9.17, 15) is 4.79 Å². The quantitative estimate of drug-likeness (QED) is 0.560. The summed E-state index contributed by atoms with van der Waals surface area (Å²) in [5.74, 6) is 0.991. The number of rotatable bonds is 7. The van der Waals surface area contributed by atoms with E-state index >= 15 is 0 Å². The van der Waals surface area contributed by atoms with E-state index < -0.39 is 0 Å². The fraction of sp³-hybridized carbons (Fsp3) is 0.917. The van der Waals surface area contributed by atoms with E-state index in [1.54, 1.807) is 0 Å². The highest BCUT2D eigenvalue weighted by molar-refractivity contribution is 5.75. The average molecular weight is 228 g/mol. The summed E-state index contributed by atoms with van der Waals surface area (Å²) in [6.45, 7) is 1.64. The Labute approximate surface area is 97.6 Å². The van der Waals surface area contributed by atoms with Crippen molar-refractivity contribution in [3.63, 3.8) is 0 Å². The number of carbonyl (C=O) groups excluding carboxylic acids is 1. The second-order valence-corrected chi connectivity index (χ2v) is 4.68. The highest BCUT2D eigenvalue weighted by Crippen LogP contribution is 2.30. The van der Waals surface area contributed by atoms with Crippen LogP contribution < -0.4 is 11.1 Å². The zero-order valence-electron chi connectivity index (χ0n) is 9.95. The Balaban J connectivity index is 2.11. The van der Waals surface area contributed by atoms with Crippen LogP contribution in [-0.4, -0.2) is 30.7 Å². The number of nitrogens with one attached hydrogen (secondary N) is 1. The molecule has 4 heteroatoms. The van der Waals surface area contributed by atoms with Crippen molar-refractivity contribution in [2.24, 2.45) is 17.6 Å². The molecule has 0 aromatic rings. The topological polar surface area (TPSA) is 75.4 Å². The Morgan fingerprint density at radius 1 is 1.31 bits per heavy atom. The van der Waals surface area contributed by atoms with Gasteiger partial charge in [0.1, 0.15) is 0 Å². The van der Waals surface area contributed by atoms with Crippen molar-refractivity contribution in [1.82, 2.24) is 5.32 Å². The van der Waals surface area contributed by atoms with Gasteiger partial charge < -0.3 is 16.2 Å². The van der Waals surface area contributed by atoms with Crippen LogP contribution in [-0.2, 0) is 4.79 Å². The fourth-order valence-corrected chi connectivity index (χ4v) is 2.39. The Morgan fingerprint density at radius 2 is 2.06 bits per heavy atom. The molecule has 2 unspecified atom stereocenters. The molecule has 16 heavy (non-hydrogen) atoms. The van der Waals surface area contributed by atoms with Crippen molar-refractivity contribution >= 4 is 5.91 Å². The molecular formula is C12H24N2O2. The zero-order valence-corrected chi connectivity index (χ0v) is 9.95. The van der Waals surface area contributed by atoms with Crippen LogP contribution in [0.2, 0.25) is 0 Å². The van der Waals surface area contributed by atoms with E-state index in [-0.39, 0.29) is 12.5 Å². The van der Waals surface area contributed by atoms with Crippen LogP contribution in [0.1, 0.15) is 38.5 Å². The standard InChI is InChI=1S/C12H24N2O2/c13-7-2-1-6-12(16)14-8-10-4-3-5-11(10)9-15/h10-11,15H,1-9,13H2,(H,14,16). The second kappa shape index (κ2) is 7.63. The summed E-state index contributed by atoms with van der Waals surface area (Å²) in [4.78, 5) is 11.5. The van der Waals surface area contributed by atoms with Crippen LogP contribution in [0.25, 0.3) is 0 Å². The number of amides is 1. The van der Waals surface area contributed by atoms with Gasteiger partial charge in [-0.25, -0.2) is 0 Å². The van der Waals surface area contributed by atoms with E-state index in [1.807, 2.05) is 0 Å². The lowest BCUT2D eigenvalue weighted by molar-refractivity contribution is -0.121. The van der Waals surface area contributed by atoms with Gasteiger partial charge in [0.15, 0.2) is 0 Å².